The van der Waals surface area contributed by atoms with Gasteiger partial charge in [-0.25, -0.2) is 0 Å². The van der Waals surface area contributed by atoms with E-state index in [-0.39, 0.29) is 0 Å². The van der Waals surface area contributed by atoms with E-state index in [0.717, 1.165) is 0 Å². The van der Waals surface area contributed by atoms with Crippen LogP contribution in [0.25, 0.3) is 0 Å². The van der Waals surface area contributed by atoms with E-state index >= 15 is 0 Å². The monoisotopic (exact) mass is 144 g/mol. The highest BCUT2D eigenvalue weighted by molar-refractivity contribution is 6.21. The van der Waals surface area contributed by atoms with Gasteiger partial charge in [0.2, 0.25) is 16.3 Å². The first kappa shape index (κ1) is 8.30. The van der Waals surface area contributed by atoms with Crippen molar-refractivity contribution in [2.45, 2.75) is 13.8 Å². The molecular formula is C6H10AlCl+. The van der Waals surface area contributed by atoms with E-state index in [0.29, 0.717) is 0 Å². The predicted molar refractivity (Wildman–Crippen MR) is 36.1 cm³/mol. The fourth-order valence-electron chi connectivity index (χ4n) is 0.244. The first-order valence-electron chi connectivity index (χ1n) is 2.46. The molecule has 0 saturated carbocycles. The van der Waals surface area contributed by atoms with Crippen LogP contribution in [-0.2, 0) is 0 Å². The molecule has 0 heterocycles. The van der Waals surface area contributed by atoms with Crippen molar-refractivity contribution in [3.63, 3.8) is 0 Å². The topological polar surface area (TPSA) is 0 Å². The summed E-state index contributed by atoms with van der Waals surface area (Å²) in [4.78, 5) is 0. The second kappa shape index (κ2) is 4.21. The first-order valence-corrected chi connectivity index (χ1v) is 3.64. The Morgan fingerprint density at radius 3 is 2.12 bits per heavy atom. The maximum Gasteiger partial charge on any atom is 0.216 e. The molecule has 43 valence electrons. The van der Waals surface area contributed by atoms with Crippen molar-refractivity contribution in [3.05, 3.63) is 21.6 Å². The molecule has 0 aliphatic carbocycles. The average Bonchev–Trinajstić information content (AvgIpc) is 1.67. The Morgan fingerprint density at radius 1 is 1.50 bits per heavy atom. The molecule has 0 spiro atoms. The lowest BCUT2D eigenvalue weighted by Gasteiger charge is -1.90. The van der Waals surface area contributed by atoms with Gasteiger partial charge in [0, 0.05) is 0 Å². The smallest absolute Gasteiger partial charge is 0.149 e. The van der Waals surface area contributed by atoms with Crippen molar-refractivity contribution in [2.24, 2.45) is 0 Å². The molecule has 0 N–H and O–H groups in total. The molecule has 0 fully saturated rings. The van der Waals surface area contributed by atoms with Crippen molar-refractivity contribution >= 4 is 16.3 Å². The van der Waals surface area contributed by atoms with Crippen LogP contribution < -0.4 is 0 Å². The standard InChI is InChI=1S/C6H9Cl.Al.H/c1-3-6(2)4-5-7;;/h4-5,7H,1-2H3;;/q+1;;. The van der Waals surface area contributed by atoms with Gasteiger partial charge in [0.25, 0.3) is 0 Å². The minimum Gasteiger partial charge on any atom is -0.149 e. The molecule has 0 aromatic rings. The maximum absolute atomic E-state index is 4.64. The van der Waals surface area contributed by atoms with Crippen LogP contribution in [0, 0.1) is 11.6 Å². The van der Waals surface area contributed by atoms with Crippen LogP contribution in [0.1, 0.15) is 13.8 Å². The number of allylic oxidation sites excluding steroid dienone is 3. The maximum atomic E-state index is 4.64. The van der Waals surface area contributed by atoms with Gasteiger partial charge in [-0.05, 0) is 13.0 Å². The third kappa shape index (κ3) is 3.32. The van der Waals surface area contributed by atoms with Crippen LogP contribution in [-0.4, -0.2) is 16.3 Å². The molecule has 8 heavy (non-hydrogen) atoms. The quantitative estimate of drug-likeness (QED) is 0.380. The highest BCUT2D eigenvalue weighted by atomic mass is 35.5. The van der Waals surface area contributed by atoms with Crippen molar-refractivity contribution in [1.82, 2.24) is 0 Å². The van der Waals surface area contributed by atoms with Crippen molar-refractivity contribution in [2.75, 3.05) is 0 Å². The molecule has 0 nitrogen and oxygen atoms in total. The molecule has 0 rings (SSSR count). The van der Waals surface area contributed by atoms with Crippen LogP contribution >= 0.6 is 0 Å². The van der Waals surface area contributed by atoms with E-state index in [1.165, 1.54) is 10.0 Å². The Labute approximate surface area is 63.6 Å². The van der Waals surface area contributed by atoms with Gasteiger partial charge in [0.1, 0.15) is 11.6 Å². The highest BCUT2D eigenvalue weighted by Gasteiger charge is 1.83. The van der Waals surface area contributed by atoms with Gasteiger partial charge < -0.3 is 0 Å². The lowest BCUT2D eigenvalue weighted by Crippen LogP contribution is -1.76. The van der Waals surface area contributed by atoms with Crippen molar-refractivity contribution in [1.29, 1.82) is 0 Å². The summed E-state index contributed by atoms with van der Waals surface area (Å²) in [6.45, 7) is 4.15. The molecule has 0 aromatic carbocycles. The molecule has 2 heteroatoms. The molecule has 0 aliphatic heterocycles. The molecule has 0 bridgehead atoms. The van der Waals surface area contributed by atoms with Crippen LogP contribution in [0.3, 0.4) is 0 Å². The van der Waals surface area contributed by atoms with Crippen LogP contribution in [0.2, 0.25) is 0 Å². The Bertz CT molecular complexity index is 120. The van der Waals surface area contributed by atoms with Gasteiger partial charge in [-0.15, -0.1) is 4.44 Å². The van der Waals surface area contributed by atoms with Gasteiger partial charge in [0.05, 0.1) is 0 Å². The first-order chi connectivity index (χ1) is 3.68. The number of hydrogen-bond donors (Lipinski definition) is 0. The Hall–Kier alpha value is 0.302. The fraction of sp³-hybridized carbons (Fsp3) is 0.333. The van der Waals surface area contributed by atoms with Crippen molar-refractivity contribution < 1.29 is 11.6 Å². The molecular weight excluding hydrogens is 135 g/mol. The predicted octanol–water partition coefficient (Wildman–Crippen LogP) is 0.976. The lowest BCUT2D eigenvalue weighted by molar-refractivity contribution is -0.274. The van der Waals surface area contributed by atoms with E-state index < -0.39 is 0 Å². The summed E-state index contributed by atoms with van der Waals surface area (Å²) >= 11 is 6.52. The Balaban J connectivity index is 4.00. The lowest BCUT2D eigenvalue weighted by atomic mass is 10.3. The number of rotatable bonds is 1. The van der Waals surface area contributed by atoms with Crippen LogP contribution in [0.5, 0.6) is 0 Å². The number of halogens is 1. The molecule has 0 atom stereocenters. The fourth-order valence-corrected chi connectivity index (χ4v) is 0.566. The molecule has 0 amide bonds. The second-order valence-corrected chi connectivity index (χ2v) is 3.10. The highest BCUT2D eigenvalue weighted by Crippen LogP contribution is 1.98. The van der Waals surface area contributed by atoms with Crippen molar-refractivity contribution in [3.8, 4) is 0 Å². The van der Waals surface area contributed by atoms with Crippen LogP contribution in [0.15, 0.2) is 21.6 Å². The SMILES string of the molecule is C[C]([AlH])=C(C)C=C[ClH+]. The van der Waals surface area contributed by atoms with E-state index in [2.05, 4.69) is 25.4 Å². The van der Waals surface area contributed by atoms with Crippen LogP contribution in [0.4, 0.5) is 0 Å². The van der Waals surface area contributed by atoms with E-state index in [9.17, 15) is 0 Å². The summed E-state index contributed by atoms with van der Waals surface area (Å²) in [7, 11) is 0. The third-order valence-corrected chi connectivity index (χ3v) is 1.68. The normalized spacial score (nSPS) is 14.4. The van der Waals surface area contributed by atoms with E-state index in [1.54, 1.807) is 5.54 Å². The molecule has 0 saturated heterocycles. The summed E-state index contributed by atoms with van der Waals surface area (Å²) in [5, 5.41) is 0. The summed E-state index contributed by atoms with van der Waals surface area (Å²) in [6.07, 6.45) is 1.94. The average molecular weight is 145 g/mol. The molecule has 1 radical (unpaired) electrons. The summed E-state index contributed by atoms with van der Waals surface area (Å²) in [5.41, 5.74) is 2.92. The summed E-state index contributed by atoms with van der Waals surface area (Å²) in [5.74, 6) is 0. The summed E-state index contributed by atoms with van der Waals surface area (Å²) < 4.78 is 1.35. The van der Waals surface area contributed by atoms with Gasteiger partial charge in [-0.3, -0.25) is 0 Å². The summed E-state index contributed by atoms with van der Waals surface area (Å²) in [6, 6.07) is 0. The third-order valence-electron chi connectivity index (χ3n) is 0.991. The van der Waals surface area contributed by atoms with Gasteiger partial charge in [0.15, 0.2) is 5.54 Å². The minimum atomic E-state index is 1.28. The van der Waals surface area contributed by atoms with Gasteiger partial charge >= 0.3 is 0 Å². The zero-order valence-corrected chi connectivity index (χ0v) is 7.50. The zero-order valence-electron chi connectivity index (χ0n) is 5.27. The Morgan fingerprint density at radius 2 is 2.00 bits per heavy atom. The molecule has 0 aliphatic rings. The van der Waals surface area contributed by atoms with E-state index in [1.807, 2.05) is 22.4 Å². The minimum absolute atomic E-state index is 1.28. The number of hydrogen-bond acceptors (Lipinski definition) is 0. The largest absolute Gasteiger partial charge is 0.216 e. The molecule has 0 unspecified atom stereocenters. The zero-order chi connectivity index (χ0) is 6.57. The van der Waals surface area contributed by atoms with Gasteiger partial charge in [-0.2, -0.15) is 0 Å². The Kier molecular flexibility index (Phi) is 4.37. The molecule has 0 aromatic heterocycles. The second-order valence-electron chi connectivity index (χ2n) is 1.77. The van der Waals surface area contributed by atoms with E-state index in [4.69, 9.17) is 0 Å². The van der Waals surface area contributed by atoms with Gasteiger partial charge in [-0.1, -0.05) is 12.5 Å².